The number of benzene rings is 1. The summed E-state index contributed by atoms with van der Waals surface area (Å²) in [6.07, 6.45) is 0. The summed E-state index contributed by atoms with van der Waals surface area (Å²) >= 11 is 0. The smallest absolute Gasteiger partial charge is 0.223 e. The molecule has 0 radical (unpaired) electrons. The highest BCUT2D eigenvalue weighted by molar-refractivity contribution is 5.42. The van der Waals surface area contributed by atoms with Crippen molar-refractivity contribution in [2.75, 3.05) is 18.2 Å². The van der Waals surface area contributed by atoms with Crippen LogP contribution in [0, 0.1) is 10.1 Å². The van der Waals surface area contributed by atoms with Gasteiger partial charge in [0.1, 0.15) is 6.54 Å². The quantitative estimate of drug-likeness (QED) is 0.560. The van der Waals surface area contributed by atoms with E-state index in [4.69, 9.17) is 0 Å². The normalized spacial score (nSPS) is 9.62. The molecular weight excluding hydrogens is 172 g/mol. The van der Waals surface area contributed by atoms with Crippen LogP contribution in [-0.4, -0.2) is 23.2 Å². The highest BCUT2D eigenvalue weighted by Crippen LogP contribution is 2.09. The van der Waals surface area contributed by atoms with E-state index in [-0.39, 0.29) is 13.1 Å². The second kappa shape index (κ2) is 4.42. The molecule has 70 valence electrons. The fourth-order valence-corrected chi connectivity index (χ4v) is 0.906. The van der Waals surface area contributed by atoms with Crippen LogP contribution in [0.4, 0.5) is 5.69 Å². The first-order valence-corrected chi connectivity index (χ1v) is 3.83. The second-order valence-corrected chi connectivity index (χ2v) is 2.52. The van der Waals surface area contributed by atoms with Crippen molar-refractivity contribution < 1.29 is 10.1 Å². The molecule has 1 aromatic carbocycles. The van der Waals surface area contributed by atoms with Crippen LogP contribution in [0.1, 0.15) is 0 Å². The van der Waals surface area contributed by atoms with Crippen molar-refractivity contribution in [3.05, 3.63) is 40.4 Å². The number of nitro groups is 1. The number of rotatable bonds is 4. The van der Waals surface area contributed by atoms with Gasteiger partial charge in [-0.2, -0.15) is 0 Å². The maximum atomic E-state index is 10.0. The molecule has 0 atom stereocenters. The number of hydroxylamine groups is 1. The third-order valence-corrected chi connectivity index (χ3v) is 1.55. The molecule has 0 unspecified atom stereocenters. The zero-order valence-electron chi connectivity index (χ0n) is 6.96. The van der Waals surface area contributed by atoms with E-state index in [1.165, 1.54) is 0 Å². The van der Waals surface area contributed by atoms with Gasteiger partial charge in [-0.05, 0) is 12.1 Å². The average molecular weight is 182 g/mol. The van der Waals surface area contributed by atoms with Crippen molar-refractivity contribution >= 4 is 5.69 Å². The van der Waals surface area contributed by atoms with E-state index < -0.39 is 4.92 Å². The standard InChI is InChI=1S/C8H10N2O3/c11-9(6-7-10(12)13)8-4-2-1-3-5-8/h1-5,11H,6-7H2. The summed E-state index contributed by atoms with van der Waals surface area (Å²) in [6, 6.07) is 8.68. The maximum Gasteiger partial charge on any atom is 0.223 e. The lowest BCUT2D eigenvalue weighted by Crippen LogP contribution is -2.25. The minimum absolute atomic E-state index is 0.00296. The van der Waals surface area contributed by atoms with Gasteiger partial charge in [-0.25, -0.2) is 0 Å². The summed E-state index contributed by atoms with van der Waals surface area (Å²) in [4.78, 5) is 9.54. The molecule has 0 heterocycles. The number of nitrogens with zero attached hydrogens (tertiary/aromatic N) is 2. The Morgan fingerprint density at radius 2 is 2.00 bits per heavy atom. The van der Waals surface area contributed by atoms with Gasteiger partial charge in [-0.15, -0.1) is 0 Å². The minimum Gasteiger partial charge on any atom is -0.288 e. The van der Waals surface area contributed by atoms with E-state index in [1.807, 2.05) is 6.07 Å². The minimum atomic E-state index is -0.466. The predicted octanol–water partition coefficient (Wildman–Crippen LogP) is 1.16. The summed E-state index contributed by atoms with van der Waals surface area (Å²) in [5, 5.41) is 20.2. The molecule has 1 rings (SSSR count). The molecule has 0 aromatic heterocycles. The Labute approximate surface area is 75.3 Å². The van der Waals surface area contributed by atoms with Crippen molar-refractivity contribution in [3.63, 3.8) is 0 Å². The Bertz CT molecular complexity index is 276. The number of anilines is 1. The molecule has 0 aliphatic carbocycles. The van der Waals surface area contributed by atoms with E-state index in [0.29, 0.717) is 5.69 Å². The molecule has 0 fully saturated rings. The van der Waals surface area contributed by atoms with Gasteiger partial charge in [0.05, 0.1) is 5.69 Å². The van der Waals surface area contributed by atoms with E-state index in [0.717, 1.165) is 5.06 Å². The Morgan fingerprint density at radius 3 is 2.54 bits per heavy atom. The topological polar surface area (TPSA) is 66.6 Å². The van der Waals surface area contributed by atoms with Crippen LogP contribution < -0.4 is 5.06 Å². The second-order valence-electron chi connectivity index (χ2n) is 2.52. The van der Waals surface area contributed by atoms with Crippen molar-refractivity contribution in [2.24, 2.45) is 0 Å². The van der Waals surface area contributed by atoms with E-state index >= 15 is 0 Å². The van der Waals surface area contributed by atoms with Crippen molar-refractivity contribution in [1.29, 1.82) is 0 Å². The molecule has 0 bridgehead atoms. The lowest BCUT2D eigenvalue weighted by atomic mass is 10.3. The molecular formula is C8H10N2O3. The zero-order valence-corrected chi connectivity index (χ0v) is 6.96. The third kappa shape index (κ3) is 3.08. The molecule has 0 saturated heterocycles. The molecule has 0 amide bonds. The molecule has 5 nitrogen and oxygen atoms in total. The van der Waals surface area contributed by atoms with E-state index in [1.54, 1.807) is 24.3 Å². The Balaban J connectivity index is 2.49. The fourth-order valence-electron chi connectivity index (χ4n) is 0.906. The van der Waals surface area contributed by atoms with Gasteiger partial charge < -0.3 is 0 Å². The Morgan fingerprint density at radius 1 is 1.38 bits per heavy atom. The van der Waals surface area contributed by atoms with Gasteiger partial charge in [-0.1, -0.05) is 18.2 Å². The highest BCUT2D eigenvalue weighted by Gasteiger charge is 2.05. The lowest BCUT2D eigenvalue weighted by Gasteiger charge is -2.13. The SMILES string of the molecule is O=[N+]([O-])CCN(O)c1ccccc1. The van der Waals surface area contributed by atoms with Crippen molar-refractivity contribution in [2.45, 2.75) is 0 Å². The van der Waals surface area contributed by atoms with Crippen LogP contribution in [0.3, 0.4) is 0 Å². The molecule has 5 heteroatoms. The number of hydrogen-bond donors (Lipinski definition) is 1. The van der Waals surface area contributed by atoms with Crippen LogP contribution in [0.15, 0.2) is 30.3 Å². The molecule has 1 aromatic rings. The van der Waals surface area contributed by atoms with Gasteiger partial charge in [0.2, 0.25) is 6.54 Å². The maximum absolute atomic E-state index is 10.0. The van der Waals surface area contributed by atoms with Crippen LogP contribution in [0.5, 0.6) is 0 Å². The van der Waals surface area contributed by atoms with Gasteiger partial charge in [0, 0.05) is 4.92 Å². The number of para-hydroxylation sites is 1. The monoisotopic (exact) mass is 182 g/mol. The fraction of sp³-hybridized carbons (Fsp3) is 0.250. The van der Waals surface area contributed by atoms with Gasteiger partial charge >= 0.3 is 0 Å². The summed E-state index contributed by atoms with van der Waals surface area (Å²) < 4.78 is 0. The lowest BCUT2D eigenvalue weighted by molar-refractivity contribution is -0.477. The summed E-state index contributed by atoms with van der Waals surface area (Å²) in [6.45, 7) is -0.275. The molecule has 0 saturated carbocycles. The first-order chi connectivity index (χ1) is 6.20. The third-order valence-electron chi connectivity index (χ3n) is 1.55. The van der Waals surface area contributed by atoms with Crippen LogP contribution >= 0.6 is 0 Å². The van der Waals surface area contributed by atoms with E-state index in [2.05, 4.69) is 0 Å². The molecule has 0 aliphatic heterocycles. The first kappa shape index (κ1) is 9.47. The van der Waals surface area contributed by atoms with Crippen molar-refractivity contribution in [3.8, 4) is 0 Å². The summed E-state index contributed by atoms with van der Waals surface area (Å²) in [7, 11) is 0. The molecule has 13 heavy (non-hydrogen) atoms. The van der Waals surface area contributed by atoms with Crippen LogP contribution in [0.25, 0.3) is 0 Å². The predicted molar refractivity (Wildman–Crippen MR) is 47.4 cm³/mol. The molecule has 0 aliphatic rings. The van der Waals surface area contributed by atoms with Crippen LogP contribution in [0.2, 0.25) is 0 Å². The van der Waals surface area contributed by atoms with E-state index in [9.17, 15) is 15.3 Å². The molecule has 1 N–H and O–H groups in total. The summed E-state index contributed by atoms with van der Waals surface area (Å²) in [5.41, 5.74) is 0.560. The summed E-state index contributed by atoms with van der Waals surface area (Å²) in [5.74, 6) is 0. The van der Waals surface area contributed by atoms with Crippen LogP contribution in [-0.2, 0) is 0 Å². The first-order valence-electron chi connectivity index (χ1n) is 3.83. The van der Waals surface area contributed by atoms with Gasteiger partial charge in [-0.3, -0.25) is 20.4 Å². The average Bonchev–Trinajstić information content (AvgIpc) is 2.15. The Kier molecular flexibility index (Phi) is 3.22. The Hall–Kier alpha value is -1.62. The zero-order chi connectivity index (χ0) is 9.68. The largest absolute Gasteiger partial charge is 0.288 e. The van der Waals surface area contributed by atoms with Crippen molar-refractivity contribution in [1.82, 2.24) is 0 Å². The van der Waals surface area contributed by atoms with Gasteiger partial charge in [0.15, 0.2) is 0 Å². The van der Waals surface area contributed by atoms with Gasteiger partial charge in [0.25, 0.3) is 0 Å². The number of hydrogen-bond acceptors (Lipinski definition) is 4. The molecule has 0 spiro atoms. The highest BCUT2D eigenvalue weighted by atomic mass is 16.6.